The van der Waals surface area contributed by atoms with E-state index in [0.717, 1.165) is 0 Å². The van der Waals surface area contributed by atoms with Crippen LogP contribution in [0.4, 0.5) is 0 Å². The van der Waals surface area contributed by atoms with E-state index in [1.54, 1.807) is 19.2 Å². The van der Waals surface area contributed by atoms with Crippen molar-refractivity contribution in [2.45, 2.75) is 12.8 Å². The van der Waals surface area contributed by atoms with Crippen LogP contribution in [0.15, 0.2) is 17.5 Å². The van der Waals surface area contributed by atoms with Crippen molar-refractivity contribution in [3.05, 3.63) is 22.4 Å². The fourth-order valence-electron chi connectivity index (χ4n) is 1.45. The molecule has 110 valence electrons. The van der Waals surface area contributed by atoms with Crippen LogP contribution in [-0.2, 0) is 14.3 Å². The van der Waals surface area contributed by atoms with Crippen molar-refractivity contribution in [3.63, 3.8) is 0 Å². The maximum atomic E-state index is 11.7. The van der Waals surface area contributed by atoms with Crippen LogP contribution in [0.25, 0.3) is 0 Å². The first-order chi connectivity index (χ1) is 9.54. The summed E-state index contributed by atoms with van der Waals surface area (Å²) in [4.78, 5) is 36.4. The van der Waals surface area contributed by atoms with Crippen LogP contribution >= 0.6 is 11.3 Å². The van der Waals surface area contributed by atoms with E-state index in [1.165, 1.54) is 23.3 Å². The summed E-state index contributed by atoms with van der Waals surface area (Å²) in [7, 11) is 2.93. The molecule has 0 spiro atoms. The Morgan fingerprint density at radius 3 is 2.70 bits per heavy atom. The Labute approximate surface area is 121 Å². The lowest BCUT2D eigenvalue weighted by Crippen LogP contribution is -2.33. The summed E-state index contributed by atoms with van der Waals surface area (Å²) >= 11 is 1.35. The first-order valence-corrected chi connectivity index (χ1v) is 7.05. The first kappa shape index (κ1) is 16.2. The van der Waals surface area contributed by atoms with Crippen LogP contribution in [0.2, 0.25) is 0 Å². The van der Waals surface area contributed by atoms with Crippen molar-refractivity contribution in [3.8, 4) is 0 Å². The minimum absolute atomic E-state index is 0.125. The van der Waals surface area contributed by atoms with E-state index < -0.39 is 0 Å². The third-order valence-electron chi connectivity index (χ3n) is 2.67. The highest BCUT2D eigenvalue weighted by Crippen LogP contribution is 2.07. The van der Waals surface area contributed by atoms with Crippen LogP contribution in [0.5, 0.6) is 0 Å². The number of thiophene rings is 1. The minimum atomic E-state index is -0.351. The number of hydrogen-bond acceptors (Lipinski definition) is 5. The second kappa shape index (κ2) is 8.31. The smallest absolute Gasteiger partial charge is 0.307 e. The molecule has 1 N–H and O–H groups in total. The molecule has 0 aliphatic rings. The van der Waals surface area contributed by atoms with Gasteiger partial charge in [0.25, 0.3) is 5.91 Å². The zero-order valence-corrected chi connectivity index (χ0v) is 12.4. The van der Waals surface area contributed by atoms with Gasteiger partial charge in [-0.1, -0.05) is 6.07 Å². The number of ether oxygens (including phenoxy) is 1. The molecule has 7 heteroatoms. The minimum Gasteiger partial charge on any atom is -0.469 e. The van der Waals surface area contributed by atoms with Gasteiger partial charge < -0.3 is 15.0 Å². The Hall–Kier alpha value is -1.89. The van der Waals surface area contributed by atoms with Gasteiger partial charge in [0.1, 0.15) is 0 Å². The predicted molar refractivity (Wildman–Crippen MR) is 75.5 cm³/mol. The Kier molecular flexibility index (Phi) is 6.72. The maximum Gasteiger partial charge on any atom is 0.307 e. The van der Waals surface area contributed by atoms with Gasteiger partial charge in [0.2, 0.25) is 5.91 Å². The van der Waals surface area contributed by atoms with E-state index in [-0.39, 0.29) is 37.2 Å². The van der Waals surface area contributed by atoms with Crippen LogP contribution < -0.4 is 5.32 Å². The second-order valence-corrected chi connectivity index (χ2v) is 5.07. The number of nitrogens with zero attached hydrogens (tertiary/aromatic N) is 1. The van der Waals surface area contributed by atoms with Crippen molar-refractivity contribution in [2.24, 2.45) is 0 Å². The summed E-state index contributed by atoms with van der Waals surface area (Å²) in [5.41, 5.74) is 0. The second-order valence-electron chi connectivity index (χ2n) is 4.12. The number of nitrogens with one attached hydrogen (secondary N) is 1. The van der Waals surface area contributed by atoms with Gasteiger partial charge in [-0.15, -0.1) is 11.3 Å². The fraction of sp³-hybridized carbons (Fsp3) is 0.462. The van der Waals surface area contributed by atoms with Gasteiger partial charge in [0.05, 0.1) is 18.4 Å². The quantitative estimate of drug-likeness (QED) is 0.759. The summed E-state index contributed by atoms with van der Waals surface area (Å²) in [6.45, 7) is 0.586. The number of carbonyl (C=O) groups excluding carboxylic acids is 3. The molecule has 1 heterocycles. The van der Waals surface area contributed by atoms with Crippen molar-refractivity contribution >= 4 is 29.1 Å². The van der Waals surface area contributed by atoms with Gasteiger partial charge >= 0.3 is 5.97 Å². The molecule has 6 nitrogen and oxygen atoms in total. The molecule has 0 saturated carbocycles. The summed E-state index contributed by atoms with van der Waals surface area (Å²) in [5.74, 6) is -0.652. The first-order valence-electron chi connectivity index (χ1n) is 6.17. The van der Waals surface area contributed by atoms with Crippen molar-refractivity contribution < 1.29 is 19.1 Å². The van der Waals surface area contributed by atoms with Crippen LogP contribution in [0.3, 0.4) is 0 Å². The predicted octanol–water partition coefficient (Wildman–Crippen LogP) is 0.890. The zero-order valence-electron chi connectivity index (χ0n) is 11.5. The van der Waals surface area contributed by atoms with E-state index in [2.05, 4.69) is 10.1 Å². The highest BCUT2D eigenvalue weighted by molar-refractivity contribution is 7.12. The molecule has 2 amide bonds. The summed E-state index contributed by atoms with van der Waals surface area (Å²) in [6, 6.07) is 3.52. The number of carbonyl (C=O) groups is 3. The maximum absolute atomic E-state index is 11.7. The molecule has 0 atom stereocenters. The van der Waals surface area contributed by atoms with Crippen LogP contribution in [0.1, 0.15) is 22.5 Å². The third kappa shape index (κ3) is 5.40. The zero-order chi connectivity index (χ0) is 15.0. The van der Waals surface area contributed by atoms with Crippen molar-refractivity contribution in [1.82, 2.24) is 10.2 Å². The summed E-state index contributed by atoms with van der Waals surface area (Å²) in [6.07, 6.45) is 0.370. The molecule has 0 aromatic carbocycles. The topological polar surface area (TPSA) is 75.7 Å². The van der Waals surface area contributed by atoms with E-state index in [9.17, 15) is 14.4 Å². The molecule has 0 aliphatic carbocycles. The molecule has 0 aliphatic heterocycles. The van der Waals surface area contributed by atoms with Crippen molar-refractivity contribution in [2.75, 3.05) is 27.2 Å². The van der Waals surface area contributed by atoms with Crippen LogP contribution in [0, 0.1) is 0 Å². The van der Waals surface area contributed by atoms with Gasteiger partial charge in [-0.2, -0.15) is 0 Å². The molecule has 1 aromatic rings. The monoisotopic (exact) mass is 298 g/mol. The normalized spacial score (nSPS) is 9.90. The lowest BCUT2D eigenvalue weighted by molar-refractivity contribution is -0.141. The van der Waals surface area contributed by atoms with Gasteiger partial charge in [0, 0.05) is 26.6 Å². The number of rotatable bonds is 7. The molecule has 0 fully saturated rings. The van der Waals surface area contributed by atoms with Crippen LogP contribution in [-0.4, -0.2) is 49.9 Å². The SMILES string of the molecule is COC(=O)CCN(C)C(=O)CCNC(=O)c1cccs1. The third-order valence-corrected chi connectivity index (χ3v) is 3.54. The Morgan fingerprint density at radius 1 is 1.35 bits per heavy atom. The lowest BCUT2D eigenvalue weighted by atomic mass is 10.3. The average Bonchev–Trinajstić information content (AvgIpc) is 2.98. The van der Waals surface area contributed by atoms with E-state index in [4.69, 9.17) is 0 Å². The molecule has 0 bridgehead atoms. The molecule has 0 unspecified atom stereocenters. The number of esters is 1. The molecule has 1 aromatic heterocycles. The Balaban J connectivity index is 2.22. The average molecular weight is 298 g/mol. The summed E-state index contributed by atoms with van der Waals surface area (Å²) < 4.78 is 4.50. The molecular formula is C13H18N2O4S. The number of methoxy groups -OCH3 is 1. The lowest BCUT2D eigenvalue weighted by Gasteiger charge is -2.16. The largest absolute Gasteiger partial charge is 0.469 e. The van der Waals surface area contributed by atoms with Gasteiger partial charge in [0.15, 0.2) is 0 Å². The molecule has 0 radical (unpaired) electrons. The van der Waals surface area contributed by atoms with Gasteiger partial charge in [-0.25, -0.2) is 0 Å². The molecular weight excluding hydrogens is 280 g/mol. The highest BCUT2D eigenvalue weighted by atomic mass is 32.1. The van der Waals surface area contributed by atoms with E-state index in [1.807, 2.05) is 5.38 Å². The Morgan fingerprint density at radius 2 is 2.10 bits per heavy atom. The van der Waals surface area contributed by atoms with Gasteiger partial charge in [-0.3, -0.25) is 14.4 Å². The van der Waals surface area contributed by atoms with E-state index in [0.29, 0.717) is 11.4 Å². The standard InChI is InChI=1S/C13H18N2O4S/c1-15(8-6-12(17)19-2)11(16)5-7-14-13(18)10-4-3-9-20-10/h3-4,9H,5-8H2,1-2H3,(H,14,18). The molecule has 0 saturated heterocycles. The van der Waals surface area contributed by atoms with Crippen molar-refractivity contribution in [1.29, 1.82) is 0 Å². The van der Waals surface area contributed by atoms with Gasteiger partial charge in [-0.05, 0) is 11.4 Å². The number of amides is 2. The number of hydrogen-bond donors (Lipinski definition) is 1. The van der Waals surface area contributed by atoms with E-state index >= 15 is 0 Å². The highest BCUT2D eigenvalue weighted by Gasteiger charge is 2.12. The molecule has 1 rings (SSSR count). The summed E-state index contributed by atoms with van der Waals surface area (Å²) in [5, 5.41) is 4.50. The fourth-order valence-corrected chi connectivity index (χ4v) is 2.09. The molecule has 20 heavy (non-hydrogen) atoms. The Bertz CT molecular complexity index is 459.